The zero-order valence-corrected chi connectivity index (χ0v) is 25.9. The van der Waals surface area contributed by atoms with Gasteiger partial charge in [0.05, 0.1) is 11.5 Å². The molecule has 3 aromatic carbocycles. The normalized spacial score (nSPS) is 13.5. The summed E-state index contributed by atoms with van der Waals surface area (Å²) < 4.78 is 70.3. The van der Waals surface area contributed by atoms with Crippen molar-refractivity contribution in [2.45, 2.75) is 56.3 Å². The van der Waals surface area contributed by atoms with Crippen LogP contribution in [0.5, 0.6) is 0 Å². The summed E-state index contributed by atoms with van der Waals surface area (Å²) in [4.78, 5) is 25.4. The Kier molecular flexibility index (Phi) is 12.6. The Morgan fingerprint density at radius 2 is 1.69 bits per heavy atom. The van der Waals surface area contributed by atoms with Gasteiger partial charge in [-0.2, -0.15) is 17.5 Å². The molecule has 3 rings (SSSR count). The fraction of sp³-hybridized carbons (Fsp3) is 0.419. The van der Waals surface area contributed by atoms with Gasteiger partial charge < -0.3 is 26.2 Å². The molecule has 0 heterocycles. The number of nitrogens with one attached hydrogen (secondary N) is 2. The highest BCUT2D eigenvalue weighted by Gasteiger charge is 2.33. The molecular formula is C31H39F3N4O6S. The van der Waals surface area contributed by atoms with E-state index in [-0.39, 0.29) is 43.2 Å². The number of anilines is 1. The fourth-order valence-electron chi connectivity index (χ4n) is 4.81. The highest BCUT2D eigenvalue weighted by atomic mass is 32.2. The largest absolute Gasteiger partial charge is 0.440 e. The lowest BCUT2D eigenvalue weighted by Crippen LogP contribution is -2.49. The van der Waals surface area contributed by atoms with Gasteiger partial charge in [-0.15, -0.1) is 0 Å². The number of nitrogens with zero attached hydrogens (tertiary/aromatic N) is 1. The molecule has 0 saturated heterocycles. The van der Waals surface area contributed by atoms with Crippen LogP contribution >= 0.6 is 0 Å². The number of carbonyl (C=O) groups is 2. The zero-order chi connectivity index (χ0) is 33.2. The van der Waals surface area contributed by atoms with Crippen LogP contribution in [0.3, 0.4) is 0 Å². The Bertz CT molecular complexity index is 1530. The molecule has 45 heavy (non-hydrogen) atoms. The molecule has 2 atom stereocenters. The minimum atomic E-state index is -4.74. The third-order valence-corrected chi connectivity index (χ3v) is 8.88. The zero-order valence-electron chi connectivity index (χ0n) is 25.1. The van der Waals surface area contributed by atoms with Crippen molar-refractivity contribution in [2.75, 3.05) is 32.0 Å². The van der Waals surface area contributed by atoms with Crippen molar-refractivity contribution in [3.8, 4) is 0 Å². The number of benzene rings is 3. The number of aliphatic hydroxyl groups excluding tert-OH is 1. The van der Waals surface area contributed by atoms with Crippen LogP contribution < -0.4 is 16.4 Å². The standard InChI is InChI=1S/C31H39F3N4O6S/c1-21(2)18-38(45(42,43)26-14-12-24(35)13-15-26)25(19-39)10-6-16-36-29(40)28(37-30(41)44-20-31(32,33)34)17-23-9-5-8-22-7-3-4-11-27(22)23/h3-5,7-9,11-15,21,25,28,39H,6,10,16-20,35H2,1-2H3,(H,36,40)(H,37,41)/t25?,28-/m0/s1. The number of alkyl halides is 3. The van der Waals surface area contributed by atoms with Crippen LogP contribution in [0.25, 0.3) is 10.8 Å². The van der Waals surface area contributed by atoms with Gasteiger partial charge in [-0.3, -0.25) is 4.79 Å². The Hall–Kier alpha value is -3.88. The monoisotopic (exact) mass is 652 g/mol. The first kappa shape index (κ1) is 35.6. The summed E-state index contributed by atoms with van der Waals surface area (Å²) in [5.74, 6) is -0.721. The van der Waals surface area contributed by atoms with Crippen molar-refractivity contribution in [1.29, 1.82) is 0 Å². The van der Waals surface area contributed by atoms with E-state index < -0.39 is 53.5 Å². The Morgan fingerprint density at radius 1 is 1.02 bits per heavy atom. The maximum atomic E-state index is 13.5. The average molecular weight is 653 g/mol. The lowest BCUT2D eigenvalue weighted by Gasteiger charge is -2.31. The molecule has 10 nitrogen and oxygen atoms in total. The minimum absolute atomic E-state index is 0.0314. The highest BCUT2D eigenvalue weighted by molar-refractivity contribution is 7.89. The molecule has 246 valence electrons. The van der Waals surface area contributed by atoms with E-state index in [1.807, 2.05) is 38.1 Å². The minimum Gasteiger partial charge on any atom is -0.440 e. The molecule has 1 unspecified atom stereocenters. The predicted octanol–water partition coefficient (Wildman–Crippen LogP) is 4.23. The number of halogens is 3. The molecule has 0 radical (unpaired) electrons. The Balaban J connectivity index is 1.71. The van der Waals surface area contributed by atoms with Gasteiger partial charge in [0.1, 0.15) is 6.04 Å². The lowest BCUT2D eigenvalue weighted by atomic mass is 9.98. The third-order valence-electron chi connectivity index (χ3n) is 6.94. The quantitative estimate of drug-likeness (QED) is 0.142. The maximum absolute atomic E-state index is 13.5. The molecule has 0 fully saturated rings. The van der Waals surface area contributed by atoms with Gasteiger partial charge >= 0.3 is 12.3 Å². The van der Waals surface area contributed by atoms with E-state index in [1.54, 1.807) is 18.2 Å². The van der Waals surface area contributed by atoms with Gasteiger partial charge in [0.25, 0.3) is 0 Å². The number of hydrogen-bond acceptors (Lipinski definition) is 7. The van der Waals surface area contributed by atoms with Gasteiger partial charge in [-0.1, -0.05) is 56.3 Å². The Morgan fingerprint density at radius 3 is 2.33 bits per heavy atom. The molecule has 0 saturated carbocycles. The van der Waals surface area contributed by atoms with E-state index in [0.29, 0.717) is 11.3 Å². The second-order valence-corrected chi connectivity index (χ2v) is 12.9. The number of amides is 2. The summed E-state index contributed by atoms with van der Waals surface area (Å²) in [6.45, 7) is 1.60. The van der Waals surface area contributed by atoms with E-state index in [1.165, 1.54) is 28.6 Å². The number of rotatable bonds is 15. The van der Waals surface area contributed by atoms with Gasteiger partial charge in [0.15, 0.2) is 6.61 Å². The number of nitrogen functional groups attached to an aromatic ring is 1. The molecule has 0 aliphatic rings. The molecular weight excluding hydrogens is 613 g/mol. The van der Waals surface area contributed by atoms with Crippen LogP contribution in [-0.4, -0.2) is 74.4 Å². The van der Waals surface area contributed by atoms with Crippen LogP contribution in [0, 0.1) is 5.92 Å². The SMILES string of the molecule is CC(C)CN(C(CO)CCCNC(=O)[C@H](Cc1cccc2ccccc12)NC(=O)OCC(F)(F)F)S(=O)(=O)c1ccc(N)cc1. The van der Waals surface area contributed by atoms with E-state index in [4.69, 9.17) is 5.73 Å². The predicted molar refractivity (Wildman–Crippen MR) is 165 cm³/mol. The molecule has 3 aromatic rings. The smallest absolute Gasteiger partial charge is 0.422 e. The number of fused-ring (bicyclic) bond motifs is 1. The van der Waals surface area contributed by atoms with Gasteiger partial charge in [-0.05, 0) is 59.4 Å². The topological polar surface area (TPSA) is 151 Å². The van der Waals surface area contributed by atoms with Crippen LogP contribution in [0.4, 0.5) is 23.7 Å². The van der Waals surface area contributed by atoms with Crippen molar-refractivity contribution >= 4 is 38.5 Å². The first-order valence-electron chi connectivity index (χ1n) is 14.4. The van der Waals surface area contributed by atoms with Crippen LogP contribution in [0.1, 0.15) is 32.3 Å². The van der Waals surface area contributed by atoms with Gasteiger partial charge in [-0.25, -0.2) is 13.2 Å². The molecule has 0 aliphatic heterocycles. The molecule has 0 aromatic heterocycles. The van der Waals surface area contributed by atoms with Crippen LogP contribution in [0.15, 0.2) is 71.6 Å². The number of hydrogen-bond donors (Lipinski definition) is 4. The van der Waals surface area contributed by atoms with Crippen molar-refractivity contribution < 1.29 is 41.0 Å². The van der Waals surface area contributed by atoms with E-state index in [2.05, 4.69) is 15.4 Å². The maximum Gasteiger partial charge on any atom is 0.422 e. The second kappa shape index (κ2) is 15.9. The van der Waals surface area contributed by atoms with Crippen molar-refractivity contribution in [3.63, 3.8) is 0 Å². The van der Waals surface area contributed by atoms with Crippen molar-refractivity contribution in [3.05, 3.63) is 72.3 Å². The fourth-order valence-corrected chi connectivity index (χ4v) is 6.62. The molecule has 0 bridgehead atoms. The van der Waals surface area contributed by atoms with E-state index in [9.17, 15) is 36.3 Å². The molecule has 14 heteroatoms. The molecule has 2 amide bonds. The van der Waals surface area contributed by atoms with E-state index in [0.717, 1.165) is 10.8 Å². The first-order chi connectivity index (χ1) is 21.2. The second-order valence-electron chi connectivity index (χ2n) is 11.0. The third kappa shape index (κ3) is 10.6. The number of aliphatic hydroxyl groups is 1. The average Bonchev–Trinajstić information content (AvgIpc) is 2.98. The number of nitrogens with two attached hydrogens (primary N) is 1. The van der Waals surface area contributed by atoms with Gasteiger partial charge in [0, 0.05) is 31.2 Å². The molecule has 0 spiro atoms. The van der Waals surface area contributed by atoms with E-state index >= 15 is 0 Å². The summed E-state index contributed by atoms with van der Waals surface area (Å²) in [5, 5.41) is 16.8. The summed E-state index contributed by atoms with van der Waals surface area (Å²) in [6, 6.07) is 16.4. The van der Waals surface area contributed by atoms with Crippen LogP contribution in [0.2, 0.25) is 0 Å². The van der Waals surface area contributed by atoms with Crippen molar-refractivity contribution in [2.24, 2.45) is 5.92 Å². The number of alkyl carbamates (subject to hydrolysis) is 1. The number of ether oxygens (including phenoxy) is 1. The Labute approximate surface area is 260 Å². The molecule has 5 N–H and O–H groups in total. The van der Waals surface area contributed by atoms with Crippen molar-refractivity contribution in [1.82, 2.24) is 14.9 Å². The highest BCUT2D eigenvalue weighted by Crippen LogP contribution is 2.24. The van der Waals surface area contributed by atoms with Crippen LogP contribution in [-0.2, 0) is 26.0 Å². The number of sulfonamides is 1. The summed E-state index contributed by atoms with van der Waals surface area (Å²) in [7, 11) is -3.98. The lowest BCUT2D eigenvalue weighted by molar-refractivity contribution is -0.160. The molecule has 0 aliphatic carbocycles. The summed E-state index contributed by atoms with van der Waals surface area (Å²) in [6.07, 6.45) is -5.73. The summed E-state index contributed by atoms with van der Waals surface area (Å²) >= 11 is 0. The number of carbonyl (C=O) groups excluding carboxylic acids is 2. The summed E-state index contributed by atoms with van der Waals surface area (Å²) in [5.41, 5.74) is 6.79. The first-order valence-corrected chi connectivity index (χ1v) is 15.9. The van der Waals surface area contributed by atoms with Gasteiger partial charge in [0.2, 0.25) is 15.9 Å².